The van der Waals surface area contributed by atoms with Gasteiger partial charge in [-0.2, -0.15) is 0 Å². The molecule has 0 radical (unpaired) electrons. The van der Waals surface area contributed by atoms with Gasteiger partial charge in [0.15, 0.2) is 0 Å². The van der Waals surface area contributed by atoms with Gasteiger partial charge in [0, 0.05) is 22.5 Å². The molecule has 108 valence electrons. The SMILES string of the molecule is N=C(N)c1ccc(NCNc2ccc(C(=N)N)cc2)cc1. The van der Waals surface area contributed by atoms with E-state index < -0.39 is 0 Å². The average molecular weight is 282 g/mol. The van der Waals surface area contributed by atoms with Gasteiger partial charge in [0.05, 0.1) is 6.67 Å². The Morgan fingerprint density at radius 3 is 1.33 bits per heavy atom. The summed E-state index contributed by atoms with van der Waals surface area (Å²) in [5.74, 6) is 0.121. The van der Waals surface area contributed by atoms with Gasteiger partial charge in [0.1, 0.15) is 11.7 Å². The molecule has 8 N–H and O–H groups in total. The third-order valence-corrected chi connectivity index (χ3v) is 2.98. The Bertz CT molecular complexity index is 573. The quantitative estimate of drug-likeness (QED) is 0.274. The Morgan fingerprint density at radius 2 is 1.05 bits per heavy atom. The Labute approximate surface area is 123 Å². The van der Waals surface area contributed by atoms with Gasteiger partial charge >= 0.3 is 0 Å². The van der Waals surface area contributed by atoms with Crippen LogP contribution in [-0.2, 0) is 0 Å². The molecular weight excluding hydrogens is 264 g/mol. The maximum atomic E-state index is 7.32. The number of nitrogen functional groups attached to an aromatic ring is 2. The number of benzene rings is 2. The molecule has 2 aromatic carbocycles. The van der Waals surface area contributed by atoms with Crippen molar-refractivity contribution < 1.29 is 0 Å². The lowest BCUT2D eigenvalue weighted by Gasteiger charge is -2.10. The normalized spacial score (nSPS) is 9.90. The average Bonchev–Trinajstić information content (AvgIpc) is 2.48. The van der Waals surface area contributed by atoms with Crippen molar-refractivity contribution in [3.05, 3.63) is 59.7 Å². The maximum absolute atomic E-state index is 7.32. The van der Waals surface area contributed by atoms with E-state index in [-0.39, 0.29) is 11.7 Å². The number of anilines is 2. The molecule has 2 rings (SSSR count). The summed E-state index contributed by atoms with van der Waals surface area (Å²) in [5.41, 5.74) is 14.1. The fourth-order valence-corrected chi connectivity index (χ4v) is 1.78. The predicted octanol–water partition coefficient (Wildman–Crippen LogP) is 1.74. The molecule has 0 aliphatic rings. The van der Waals surface area contributed by atoms with Crippen LogP contribution in [0.5, 0.6) is 0 Å². The number of hydrogen-bond acceptors (Lipinski definition) is 4. The van der Waals surface area contributed by atoms with Gasteiger partial charge in [0.2, 0.25) is 0 Å². The zero-order valence-corrected chi connectivity index (χ0v) is 11.5. The second-order valence-electron chi connectivity index (χ2n) is 4.51. The van der Waals surface area contributed by atoms with Crippen LogP contribution in [0.2, 0.25) is 0 Å². The fourth-order valence-electron chi connectivity index (χ4n) is 1.78. The first-order valence-electron chi connectivity index (χ1n) is 6.43. The summed E-state index contributed by atoms with van der Waals surface area (Å²) < 4.78 is 0. The van der Waals surface area contributed by atoms with Gasteiger partial charge in [-0.1, -0.05) is 0 Å². The molecule has 0 amide bonds. The number of amidine groups is 2. The molecule has 6 nitrogen and oxygen atoms in total. The maximum Gasteiger partial charge on any atom is 0.122 e. The largest absolute Gasteiger partial charge is 0.384 e. The Kier molecular flexibility index (Phi) is 4.40. The van der Waals surface area contributed by atoms with Crippen LogP contribution < -0.4 is 22.1 Å². The topological polar surface area (TPSA) is 124 Å². The van der Waals surface area contributed by atoms with E-state index in [0.29, 0.717) is 17.8 Å². The second kappa shape index (κ2) is 6.42. The highest BCUT2D eigenvalue weighted by Gasteiger charge is 1.98. The summed E-state index contributed by atoms with van der Waals surface area (Å²) in [5, 5.41) is 21.1. The van der Waals surface area contributed by atoms with E-state index >= 15 is 0 Å². The van der Waals surface area contributed by atoms with Crippen LogP contribution in [0.25, 0.3) is 0 Å². The van der Waals surface area contributed by atoms with Gasteiger partial charge in [-0.25, -0.2) is 0 Å². The molecule has 0 aromatic heterocycles. The van der Waals surface area contributed by atoms with Crippen molar-refractivity contribution in [2.75, 3.05) is 17.3 Å². The molecule has 2 aromatic rings. The van der Waals surface area contributed by atoms with Gasteiger partial charge in [-0.3, -0.25) is 10.8 Å². The lowest BCUT2D eigenvalue weighted by atomic mass is 10.2. The summed E-state index contributed by atoms with van der Waals surface area (Å²) in [7, 11) is 0. The van der Waals surface area contributed by atoms with E-state index in [4.69, 9.17) is 22.3 Å². The Hall–Kier alpha value is -3.02. The van der Waals surface area contributed by atoms with E-state index in [2.05, 4.69) is 10.6 Å². The number of nitrogens with one attached hydrogen (secondary N) is 4. The number of rotatable bonds is 6. The molecule has 6 heteroatoms. The van der Waals surface area contributed by atoms with Crippen molar-refractivity contribution in [2.24, 2.45) is 11.5 Å². The van der Waals surface area contributed by atoms with Crippen LogP contribution in [0.1, 0.15) is 11.1 Å². The van der Waals surface area contributed by atoms with Crippen molar-refractivity contribution in [2.45, 2.75) is 0 Å². The highest BCUT2D eigenvalue weighted by Crippen LogP contribution is 2.11. The molecule has 0 saturated heterocycles. The highest BCUT2D eigenvalue weighted by molar-refractivity contribution is 5.95. The zero-order chi connectivity index (χ0) is 15.2. The summed E-state index contributed by atoms with van der Waals surface area (Å²) in [6.07, 6.45) is 0. The van der Waals surface area contributed by atoms with Gasteiger partial charge in [-0.05, 0) is 48.5 Å². The molecule has 0 saturated carbocycles. The zero-order valence-electron chi connectivity index (χ0n) is 11.5. The molecule has 0 aliphatic heterocycles. The number of nitrogens with two attached hydrogens (primary N) is 2. The predicted molar refractivity (Wildman–Crippen MR) is 87.0 cm³/mol. The van der Waals surface area contributed by atoms with Crippen LogP contribution in [0, 0.1) is 10.8 Å². The minimum atomic E-state index is 0.0604. The standard InChI is InChI=1S/C15H18N6/c16-14(17)10-1-5-12(6-2-10)20-9-21-13-7-3-11(4-8-13)15(18)19/h1-8,20-21H,9H2,(H3,16,17)(H3,18,19). The van der Waals surface area contributed by atoms with Crippen LogP contribution in [0.4, 0.5) is 11.4 Å². The van der Waals surface area contributed by atoms with Crippen LogP contribution in [0.15, 0.2) is 48.5 Å². The summed E-state index contributed by atoms with van der Waals surface area (Å²) >= 11 is 0. The minimum absolute atomic E-state index is 0.0604. The molecule has 0 spiro atoms. The Morgan fingerprint density at radius 1 is 0.714 bits per heavy atom. The summed E-state index contributed by atoms with van der Waals surface area (Å²) in [6.45, 7) is 0.554. The monoisotopic (exact) mass is 282 g/mol. The van der Waals surface area contributed by atoms with Gasteiger partial charge in [0.25, 0.3) is 0 Å². The van der Waals surface area contributed by atoms with Gasteiger partial charge in [-0.15, -0.1) is 0 Å². The van der Waals surface area contributed by atoms with Crippen LogP contribution >= 0.6 is 0 Å². The van der Waals surface area contributed by atoms with E-state index in [1.54, 1.807) is 24.3 Å². The molecule has 0 aliphatic carbocycles. The smallest absolute Gasteiger partial charge is 0.122 e. The third-order valence-electron chi connectivity index (χ3n) is 2.98. The molecule has 0 unspecified atom stereocenters. The first-order chi connectivity index (χ1) is 10.1. The highest BCUT2D eigenvalue weighted by atomic mass is 15.1. The summed E-state index contributed by atoms with van der Waals surface area (Å²) in [4.78, 5) is 0. The third kappa shape index (κ3) is 3.97. The molecule has 21 heavy (non-hydrogen) atoms. The molecule has 0 atom stereocenters. The van der Waals surface area contributed by atoms with Gasteiger partial charge < -0.3 is 22.1 Å². The van der Waals surface area contributed by atoms with Crippen molar-refractivity contribution >= 4 is 23.0 Å². The summed E-state index contributed by atoms with van der Waals surface area (Å²) in [6, 6.07) is 14.7. The van der Waals surface area contributed by atoms with Crippen molar-refractivity contribution in [1.29, 1.82) is 10.8 Å². The molecule has 0 bridgehead atoms. The fraction of sp³-hybridized carbons (Fsp3) is 0.0667. The molecular formula is C15H18N6. The first-order valence-corrected chi connectivity index (χ1v) is 6.43. The second-order valence-corrected chi connectivity index (χ2v) is 4.51. The first kappa shape index (κ1) is 14.4. The van der Waals surface area contributed by atoms with Crippen LogP contribution in [0.3, 0.4) is 0 Å². The van der Waals surface area contributed by atoms with E-state index in [1.807, 2.05) is 24.3 Å². The lowest BCUT2D eigenvalue weighted by Crippen LogP contribution is -2.14. The lowest BCUT2D eigenvalue weighted by molar-refractivity contribution is 1.21. The van der Waals surface area contributed by atoms with E-state index in [9.17, 15) is 0 Å². The molecule has 0 heterocycles. The van der Waals surface area contributed by atoms with Crippen LogP contribution in [-0.4, -0.2) is 18.3 Å². The van der Waals surface area contributed by atoms with Crippen molar-refractivity contribution in [3.8, 4) is 0 Å². The van der Waals surface area contributed by atoms with E-state index in [0.717, 1.165) is 11.4 Å². The van der Waals surface area contributed by atoms with Crippen molar-refractivity contribution in [1.82, 2.24) is 0 Å². The van der Waals surface area contributed by atoms with Crippen molar-refractivity contribution in [3.63, 3.8) is 0 Å². The molecule has 0 fully saturated rings. The minimum Gasteiger partial charge on any atom is -0.384 e. The van der Waals surface area contributed by atoms with E-state index in [1.165, 1.54) is 0 Å². The number of hydrogen-bond donors (Lipinski definition) is 6. The Balaban J connectivity index is 1.86.